The molecule has 4 rings (SSSR count). The van der Waals surface area contributed by atoms with E-state index >= 15 is 0 Å². The maximum Gasteiger partial charge on any atom is 0.335 e. The third kappa shape index (κ3) is 5.71. The molecular formula is C24H22N4O6S. The Hall–Kier alpha value is -4.51. The van der Waals surface area contributed by atoms with Crippen molar-refractivity contribution in [3.63, 3.8) is 0 Å². The van der Waals surface area contributed by atoms with Gasteiger partial charge >= 0.3 is 11.9 Å². The van der Waals surface area contributed by atoms with Crippen molar-refractivity contribution < 1.29 is 28.2 Å². The first-order chi connectivity index (χ1) is 16.6. The highest BCUT2D eigenvalue weighted by Crippen LogP contribution is 2.30. The van der Waals surface area contributed by atoms with E-state index in [0.717, 1.165) is 17.3 Å². The van der Waals surface area contributed by atoms with E-state index < -0.39 is 22.0 Å². The van der Waals surface area contributed by atoms with Crippen LogP contribution in [0.3, 0.4) is 0 Å². The minimum Gasteiger partial charge on any atom is -0.478 e. The fourth-order valence-electron chi connectivity index (χ4n) is 3.13. The second kappa shape index (κ2) is 10.6. The van der Waals surface area contributed by atoms with Crippen LogP contribution < -0.4 is 5.32 Å². The zero-order valence-electron chi connectivity index (χ0n) is 18.8. The first-order valence-corrected chi connectivity index (χ1v) is 11.6. The van der Waals surface area contributed by atoms with Crippen LogP contribution in [0.15, 0.2) is 84.3 Å². The molecule has 0 saturated carbocycles. The Bertz CT molecular complexity index is 1440. The van der Waals surface area contributed by atoms with E-state index in [4.69, 9.17) is 10.2 Å². The summed E-state index contributed by atoms with van der Waals surface area (Å²) >= 11 is 0. The predicted molar refractivity (Wildman–Crippen MR) is 129 cm³/mol. The zero-order chi connectivity index (χ0) is 25.6. The highest BCUT2D eigenvalue weighted by Gasteiger charge is 2.22. The summed E-state index contributed by atoms with van der Waals surface area (Å²) in [6, 6.07) is 13.8. The highest BCUT2D eigenvalue weighted by atomic mass is 32.2. The summed E-state index contributed by atoms with van der Waals surface area (Å²) in [6.45, 7) is 1.85. The molecule has 0 radical (unpaired) electrons. The van der Waals surface area contributed by atoms with Gasteiger partial charge in [0.2, 0.25) is 0 Å². The monoisotopic (exact) mass is 494 g/mol. The average molecular weight is 495 g/mol. The molecular weight excluding hydrogens is 472 g/mol. The van der Waals surface area contributed by atoms with Crippen LogP contribution in [0.5, 0.6) is 0 Å². The number of carboxylic acids is 2. The van der Waals surface area contributed by atoms with Crippen LogP contribution >= 0.6 is 0 Å². The quantitative estimate of drug-likeness (QED) is 0.365. The van der Waals surface area contributed by atoms with Gasteiger partial charge in [0.05, 0.1) is 22.5 Å². The smallest absolute Gasteiger partial charge is 0.335 e. The maximum absolute atomic E-state index is 12.9. The van der Waals surface area contributed by atoms with Crippen molar-refractivity contribution in [1.29, 1.82) is 0 Å². The maximum atomic E-state index is 12.9. The Labute approximate surface area is 201 Å². The van der Waals surface area contributed by atoms with Crippen LogP contribution in [0.2, 0.25) is 0 Å². The molecule has 35 heavy (non-hydrogen) atoms. The van der Waals surface area contributed by atoms with E-state index in [9.17, 15) is 18.0 Å². The van der Waals surface area contributed by atoms with Gasteiger partial charge in [-0.15, -0.1) is 0 Å². The van der Waals surface area contributed by atoms with E-state index in [0.29, 0.717) is 11.4 Å². The van der Waals surface area contributed by atoms with Gasteiger partial charge in [0, 0.05) is 43.1 Å². The SMILES string of the molecule is CNc1cc(-c2cccnc2C)n(S(=O)(=O)c2cccnc2)c1.O=C(O)c1cccc(C(=O)O)c1. The second-order valence-corrected chi connectivity index (χ2v) is 9.00. The Morgan fingerprint density at radius 3 is 2.14 bits per heavy atom. The summed E-state index contributed by atoms with van der Waals surface area (Å²) in [5.41, 5.74) is 2.75. The Kier molecular flexibility index (Phi) is 7.62. The van der Waals surface area contributed by atoms with Gasteiger partial charge in [-0.25, -0.2) is 22.0 Å². The van der Waals surface area contributed by atoms with Crippen LogP contribution in [-0.2, 0) is 10.0 Å². The molecule has 0 fully saturated rings. The zero-order valence-corrected chi connectivity index (χ0v) is 19.6. The Morgan fingerprint density at radius 1 is 0.943 bits per heavy atom. The van der Waals surface area contributed by atoms with Crippen molar-refractivity contribution in [3.05, 3.63) is 96.2 Å². The number of hydrogen-bond donors (Lipinski definition) is 3. The number of pyridine rings is 2. The first kappa shape index (κ1) is 25.1. The van der Waals surface area contributed by atoms with Gasteiger partial charge in [-0.3, -0.25) is 9.97 Å². The molecule has 0 spiro atoms. The number of nitrogens with one attached hydrogen (secondary N) is 1. The van der Waals surface area contributed by atoms with Crippen LogP contribution in [0.1, 0.15) is 26.4 Å². The number of aromatic nitrogens is 3. The second-order valence-electron chi connectivity index (χ2n) is 7.18. The van der Waals surface area contributed by atoms with Crippen molar-refractivity contribution in [2.75, 3.05) is 12.4 Å². The van der Waals surface area contributed by atoms with Crippen LogP contribution in [0.25, 0.3) is 11.3 Å². The van der Waals surface area contributed by atoms with Crippen molar-refractivity contribution >= 4 is 27.6 Å². The number of hydrogen-bond acceptors (Lipinski definition) is 7. The standard InChI is InChI=1S/C16H16N4O2S.C8H6O4/c1-12-15(6-4-8-19-12)16-9-13(17-2)11-20(16)23(21,22)14-5-3-7-18-10-14;9-7(10)5-2-1-3-6(4-5)8(11)12/h3-11,17H,1-2H3;1-4H,(H,9,10)(H,11,12). The molecule has 0 bridgehead atoms. The lowest BCUT2D eigenvalue weighted by Gasteiger charge is -2.11. The lowest BCUT2D eigenvalue weighted by molar-refractivity contribution is 0.0696. The van der Waals surface area contributed by atoms with Crippen LogP contribution in [-0.4, -0.2) is 51.6 Å². The molecule has 3 aromatic heterocycles. The minimum atomic E-state index is -3.74. The molecule has 0 saturated heterocycles. The topological polar surface area (TPSA) is 151 Å². The van der Waals surface area contributed by atoms with Crippen molar-refractivity contribution in [2.45, 2.75) is 11.8 Å². The molecule has 0 unspecified atom stereocenters. The lowest BCUT2D eigenvalue weighted by atomic mass is 10.1. The van der Waals surface area contributed by atoms with Gasteiger partial charge in [0.1, 0.15) is 4.90 Å². The van der Waals surface area contributed by atoms with Crippen molar-refractivity contribution in [3.8, 4) is 11.3 Å². The normalized spacial score (nSPS) is 10.7. The van der Waals surface area contributed by atoms with E-state index in [1.54, 1.807) is 43.8 Å². The molecule has 180 valence electrons. The van der Waals surface area contributed by atoms with Crippen LogP contribution in [0.4, 0.5) is 5.69 Å². The highest BCUT2D eigenvalue weighted by molar-refractivity contribution is 7.90. The summed E-state index contributed by atoms with van der Waals surface area (Å²) < 4.78 is 27.2. The number of aryl methyl sites for hydroxylation is 1. The number of rotatable bonds is 6. The summed E-state index contributed by atoms with van der Waals surface area (Å²) in [5, 5.41) is 20.0. The fraction of sp³-hybridized carbons (Fsp3) is 0.0833. The number of carboxylic acid groups (broad SMARTS) is 2. The number of anilines is 1. The largest absolute Gasteiger partial charge is 0.478 e. The average Bonchev–Trinajstić information content (AvgIpc) is 3.30. The van der Waals surface area contributed by atoms with E-state index in [-0.39, 0.29) is 16.0 Å². The number of carbonyl (C=O) groups is 2. The first-order valence-electron chi connectivity index (χ1n) is 10.2. The third-order valence-electron chi connectivity index (χ3n) is 4.91. The molecule has 3 N–H and O–H groups in total. The number of benzene rings is 1. The molecule has 0 aliphatic heterocycles. The summed E-state index contributed by atoms with van der Waals surface area (Å²) in [7, 11) is -1.99. The fourth-order valence-corrected chi connectivity index (χ4v) is 4.46. The molecule has 10 nitrogen and oxygen atoms in total. The summed E-state index contributed by atoms with van der Waals surface area (Å²) in [5.74, 6) is -2.25. The Balaban J connectivity index is 0.000000241. The van der Waals surface area contributed by atoms with E-state index in [2.05, 4.69) is 15.3 Å². The molecule has 1 aromatic carbocycles. The molecule has 4 aromatic rings. The number of nitrogens with zero attached hydrogens (tertiary/aromatic N) is 3. The predicted octanol–water partition coefficient (Wildman–Crippen LogP) is 3.62. The lowest BCUT2D eigenvalue weighted by Crippen LogP contribution is -2.13. The van der Waals surface area contributed by atoms with Crippen molar-refractivity contribution in [2.24, 2.45) is 0 Å². The van der Waals surface area contributed by atoms with Gasteiger partial charge in [-0.1, -0.05) is 6.07 Å². The van der Waals surface area contributed by atoms with Gasteiger partial charge in [-0.2, -0.15) is 0 Å². The number of aromatic carboxylic acids is 2. The molecule has 0 aliphatic carbocycles. The van der Waals surface area contributed by atoms with E-state index in [1.165, 1.54) is 34.4 Å². The molecule has 0 atom stereocenters. The van der Waals surface area contributed by atoms with Crippen molar-refractivity contribution in [1.82, 2.24) is 13.9 Å². The van der Waals surface area contributed by atoms with Gasteiger partial charge < -0.3 is 15.5 Å². The third-order valence-corrected chi connectivity index (χ3v) is 6.56. The van der Waals surface area contributed by atoms with E-state index in [1.807, 2.05) is 13.0 Å². The van der Waals surface area contributed by atoms with Gasteiger partial charge in [0.25, 0.3) is 10.0 Å². The Morgan fingerprint density at radius 2 is 1.60 bits per heavy atom. The summed E-state index contributed by atoms with van der Waals surface area (Å²) in [4.78, 5) is 29.1. The summed E-state index contributed by atoms with van der Waals surface area (Å²) in [6.07, 6.45) is 6.12. The van der Waals surface area contributed by atoms with Crippen LogP contribution in [0, 0.1) is 6.92 Å². The molecule has 0 aliphatic rings. The molecule has 0 amide bonds. The van der Waals surface area contributed by atoms with Gasteiger partial charge in [-0.05, 0) is 55.5 Å². The molecule has 3 heterocycles. The minimum absolute atomic E-state index is 0.0186. The van der Waals surface area contributed by atoms with Gasteiger partial charge in [0.15, 0.2) is 0 Å². The molecule has 11 heteroatoms.